The zero-order valence-electron chi connectivity index (χ0n) is 11.2. The number of oxazole rings is 1. The highest BCUT2D eigenvalue weighted by molar-refractivity contribution is 6.33. The summed E-state index contributed by atoms with van der Waals surface area (Å²) in [5, 5.41) is 9.29. The minimum absolute atomic E-state index is 0.0670. The van der Waals surface area contributed by atoms with E-state index in [0.717, 1.165) is 6.07 Å². The second-order valence-corrected chi connectivity index (χ2v) is 5.78. The Hall–Kier alpha value is -1.88. The molecule has 0 aliphatic carbocycles. The fraction of sp³-hybridized carbons (Fsp3) is 0.286. The molecule has 1 aromatic heterocycles. The number of benzene rings is 1. The first-order valence-electron chi connectivity index (χ1n) is 5.90. The number of nitrogens with zero attached hydrogens (tertiary/aromatic N) is 1. The largest absolute Gasteiger partial charge is 0.475 e. The van der Waals surface area contributed by atoms with Crippen molar-refractivity contribution in [3.05, 3.63) is 40.5 Å². The van der Waals surface area contributed by atoms with Crippen molar-refractivity contribution < 1.29 is 18.7 Å². The summed E-state index contributed by atoms with van der Waals surface area (Å²) in [6.07, 6.45) is 0. The van der Waals surface area contributed by atoms with Gasteiger partial charge in [-0.1, -0.05) is 32.4 Å². The van der Waals surface area contributed by atoms with Gasteiger partial charge in [-0.3, -0.25) is 0 Å². The van der Waals surface area contributed by atoms with Crippen LogP contribution in [0.1, 0.15) is 37.0 Å². The van der Waals surface area contributed by atoms with E-state index in [9.17, 15) is 14.3 Å². The monoisotopic (exact) mass is 297 g/mol. The molecule has 106 valence electrons. The first kappa shape index (κ1) is 14.5. The third kappa shape index (κ3) is 2.67. The highest BCUT2D eigenvalue weighted by atomic mass is 35.5. The summed E-state index contributed by atoms with van der Waals surface area (Å²) in [4.78, 5) is 15.4. The van der Waals surface area contributed by atoms with Crippen LogP contribution in [0.15, 0.2) is 22.6 Å². The molecular formula is C14H13ClFNO3. The first-order valence-corrected chi connectivity index (χ1v) is 6.28. The van der Waals surface area contributed by atoms with Crippen molar-refractivity contribution in [1.29, 1.82) is 0 Å². The van der Waals surface area contributed by atoms with Crippen molar-refractivity contribution >= 4 is 17.6 Å². The van der Waals surface area contributed by atoms with Crippen LogP contribution in [0.3, 0.4) is 0 Å². The highest BCUT2D eigenvalue weighted by Gasteiger charge is 2.29. The summed E-state index contributed by atoms with van der Waals surface area (Å²) in [7, 11) is 0. The van der Waals surface area contributed by atoms with Gasteiger partial charge in [-0.25, -0.2) is 14.2 Å². The van der Waals surface area contributed by atoms with Gasteiger partial charge < -0.3 is 9.52 Å². The van der Waals surface area contributed by atoms with Crippen LogP contribution in [0.5, 0.6) is 0 Å². The van der Waals surface area contributed by atoms with E-state index in [-0.39, 0.29) is 16.7 Å². The van der Waals surface area contributed by atoms with Gasteiger partial charge in [0.15, 0.2) is 0 Å². The SMILES string of the molecule is CC(C)(C)c1nc(-c2ccc(F)cc2Cl)oc1C(=O)O. The van der Waals surface area contributed by atoms with E-state index in [1.807, 2.05) is 20.8 Å². The molecule has 0 saturated carbocycles. The third-order valence-electron chi connectivity index (χ3n) is 2.69. The number of halogens is 2. The Bertz CT molecular complexity index is 674. The predicted octanol–water partition coefficient (Wildman–Crippen LogP) is 4.13. The molecule has 0 unspecified atom stereocenters. The molecule has 0 bridgehead atoms. The highest BCUT2D eigenvalue weighted by Crippen LogP contribution is 2.33. The lowest BCUT2D eigenvalue weighted by atomic mass is 9.91. The van der Waals surface area contributed by atoms with Crippen molar-refractivity contribution in [3.63, 3.8) is 0 Å². The molecule has 6 heteroatoms. The van der Waals surface area contributed by atoms with Crippen molar-refractivity contribution in [2.45, 2.75) is 26.2 Å². The molecule has 1 heterocycles. The predicted molar refractivity (Wildman–Crippen MR) is 72.6 cm³/mol. The Morgan fingerprint density at radius 2 is 2.05 bits per heavy atom. The van der Waals surface area contributed by atoms with Crippen molar-refractivity contribution in [1.82, 2.24) is 4.98 Å². The smallest absolute Gasteiger partial charge is 0.373 e. The number of aromatic carboxylic acids is 1. The zero-order valence-corrected chi connectivity index (χ0v) is 12.0. The molecule has 0 saturated heterocycles. The number of carboxylic acid groups (broad SMARTS) is 1. The van der Waals surface area contributed by atoms with Gasteiger partial charge in [0.1, 0.15) is 11.5 Å². The summed E-state index contributed by atoms with van der Waals surface area (Å²) in [6.45, 7) is 5.48. The van der Waals surface area contributed by atoms with Crippen LogP contribution in [0.4, 0.5) is 4.39 Å². The molecular weight excluding hydrogens is 285 g/mol. The molecule has 0 radical (unpaired) electrons. The van der Waals surface area contributed by atoms with Crippen LogP contribution in [0.25, 0.3) is 11.5 Å². The summed E-state index contributed by atoms with van der Waals surface area (Å²) < 4.78 is 18.3. The van der Waals surface area contributed by atoms with E-state index in [4.69, 9.17) is 16.0 Å². The van der Waals surface area contributed by atoms with E-state index in [2.05, 4.69) is 4.98 Å². The number of aromatic nitrogens is 1. The maximum atomic E-state index is 13.0. The van der Waals surface area contributed by atoms with Crippen molar-refractivity contribution in [3.8, 4) is 11.5 Å². The van der Waals surface area contributed by atoms with Crippen molar-refractivity contribution in [2.24, 2.45) is 0 Å². The van der Waals surface area contributed by atoms with Crippen LogP contribution < -0.4 is 0 Å². The molecule has 4 nitrogen and oxygen atoms in total. The average Bonchev–Trinajstić information content (AvgIpc) is 2.73. The average molecular weight is 298 g/mol. The maximum Gasteiger partial charge on any atom is 0.373 e. The number of hydrogen-bond donors (Lipinski definition) is 1. The molecule has 2 aromatic rings. The Morgan fingerprint density at radius 1 is 1.40 bits per heavy atom. The number of hydrogen-bond acceptors (Lipinski definition) is 3. The molecule has 0 spiro atoms. The summed E-state index contributed by atoms with van der Waals surface area (Å²) in [6, 6.07) is 3.74. The molecule has 0 aliphatic rings. The Balaban J connectivity index is 2.62. The number of carboxylic acids is 1. The van der Waals surface area contributed by atoms with Gasteiger partial charge >= 0.3 is 5.97 Å². The topological polar surface area (TPSA) is 63.3 Å². The second-order valence-electron chi connectivity index (χ2n) is 5.38. The molecule has 1 aromatic carbocycles. The number of carbonyl (C=O) groups is 1. The van der Waals surface area contributed by atoms with E-state index in [1.54, 1.807) is 0 Å². The first-order chi connectivity index (χ1) is 9.20. The van der Waals surface area contributed by atoms with Crippen LogP contribution >= 0.6 is 11.6 Å². The van der Waals surface area contributed by atoms with Gasteiger partial charge in [-0.15, -0.1) is 0 Å². The van der Waals surface area contributed by atoms with Gasteiger partial charge in [-0.05, 0) is 18.2 Å². The molecule has 0 aliphatic heterocycles. The van der Waals surface area contributed by atoms with Gasteiger partial charge in [-0.2, -0.15) is 0 Å². The minimum Gasteiger partial charge on any atom is -0.475 e. The van der Waals surface area contributed by atoms with Crippen LogP contribution in [-0.2, 0) is 5.41 Å². The maximum absolute atomic E-state index is 13.0. The molecule has 0 atom stereocenters. The third-order valence-corrected chi connectivity index (χ3v) is 3.01. The zero-order chi connectivity index (χ0) is 15.1. The van der Waals surface area contributed by atoms with E-state index in [1.165, 1.54) is 12.1 Å². The van der Waals surface area contributed by atoms with Crippen LogP contribution in [0.2, 0.25) is 5.02 Å². The Kier molecular flexibility index (Phi) is 3.56. The lowest BCUT2D eigenvalue weighted by Gasteiger charge is -2.14. The summed E-state index contributed by atoms with van der Waals surface area (Å²) in [5.74, 6) is -1.85. The molecule has 2 rings (SSSR count). The lowest BCUT2D eigenvalue weighted by Crippen LogP contribution is -2.16. The van der Waals surface area contributed by atoms with Gasteiger partial charge in [0.05, 0.1) is 10.6 Å². The number of rotatable bonds is 2. The quantitative estimate of drug-likeness (QED) is 0.905. The van der Waals surface area contributed by atoms with E-state index >= 15 is 0 Å². The fourth-order valence-corrected chi connectivity index (χ4v) is 2.00. The van der Waals surface area contributed by atoms with Crippen LogP contribution in [-0.4, -0.2) is 16.1 Å². The van der Waals surface area contributed by atoms with Gasteiger partial charge in [0.2, 0.25) is 11.7 Å². The molecule has 0 fully saturated rings. The van der Waals surface area contributed by atoms with Gasteiger partial charge in [0.25, 0.3) is 0 Å². The molecule has 1 N–H and O–H groups in total. The molecule has 0 amide bonds. The fourth-order valence-electron chi connectivity index (χ4n) is 1.75. The van der Waals surface area contributed by atoms with Gasteiger partial charge in [0, 0.05) is 5.41 Å². The van der Waals surface area contributed by atoms with E-state index in [0.29, 0.717) is 11.3 Å². The lowest BCUT2D eigenvalue weighted by molar-refractivity contribution is 0.0659. The summed E-state index contributed by atoms with van der Waals surface area (Å²) >= 11 is 5.93. The second kappa shape index (κ2) is 4.90. The summed E-state index contributed by atoms with van der Waals surface area (Å²) in [5.41, 5.74) is 0.175. The minimum atomic E-state index is -1.20. The normalized spacial score (nSPS) is 11.7. The van der Waals surface area contributed by atoms with Crippen molar-refractivity contribution in [2.75, 3.05) is 0 Å². The van der Waals surface area contributed by atoms with E-state index < -0.39 is 17.2 Å². The van der Waals surface area contributed by atoms with Crippen LogP contribution in [0, 0.1) is 5.82 Å². The standard InChI is InChI=1S/C14H13ClFNO3/c1-14(2,3)11-10(13(18)19)20-12(17-11)8-5-4-7(16)6-9(8)15/h4-6H,1-3H3,(H,18,19). The Labute approximate surface area is 120 Å². The Morgan fingerprint density at radius 3 is 2.50 bits per heavy atom. The molecule has 20 heavy (non-hydrogen) atoms.